The summed E-state index contributed by atoms with van der Waals surface area (Å²) in [5.74, 6) is 0.910. The van der Waals surface area contributed by atoms with Crippen LogP contribution >= 0.6 is 16.1 Å². The number of phenolic OH excluding ortho intramolecular Hbond substituents is 1. The molecule has 1 aromatic heterocycles. The molecule has 0 unspecified atom stereocenters. The number of halogens is 1. The first-order valence-corrected chi connectivity index (χ1v) is 14.4. The summed E-state index contributed by atoms with van der Waals surface area (Å²) in [4.78, 5) is 13.8. The fourth-order valence-corrected chi connectivity index (χ4v) is 5.40. The van der Waals surface area contributed by atoms with Crippen molar-refractivity contribution < 1.29 is 9.90 Å². The zero-order valence-electron chi connectivity index (χ0n) is 24.3. The van der Waals surface area contributed by atoms with E-state index in [2.05, 4.69) is 92.3 Å². The number of hydrogen-bond acceptors (Lipinski definition) is 3. The van der Waals surface area contributed by atoms with Crippen LogP contribution in [-0.2, 0) is 23.9 Å². The van der Waals surface area contributed by atoms with Gasteiger partial charge in [0.25, 0.3) is 0 Å². The number of ketones is 1. The highest BCUT2D eigenvalue weighted by Crippen LogP contribution is 2.40. The quantitative estimate of drug-likeness (QED) is 0.259. The number of carbonyl (C=O) groups is 1. The minimum absolute atomic E-state index is 0.0137. The van der Waals surface area contributed by atoms with Gasteiger partial charge in [-0.05, 0) is 40.9 Å². The lowest BCUT2D eigenvalue weighted by Crippen LogP contribution is -2.29. The highest BCUT2D eigenvalue weighted by molar-refractivity contribution is 9.08. The highest BCUT2D eigenvalue weighted by atomic mass is 79.9. The van der Waals surface area contributed by atoms with Crippen LogP contribution in [-0.4, -0.2) is 20.0 Å². The molecule has 0 spiro atoms. The lowest BCUT2D eigenvalue weighted by Gasteiger charge is -2.28. The van der Waals surface area contributed by atoms with E-state index in [1.165, 1.54) is 0 Å². The van der Waals surface area contributed by atoms with Crippen molar-refractivity contribution in [3.05, 3.63) is 71.0 Å². The molecule has 0 bridgehead atoms. The summed E-state index contributed by atoms with van der Waals surface area (Å²) < 4.78 is 8.62. The van der Waals surface area contributed by atoms with Gasteiger partial charge in [0, 0.05) is 29.4 Å². The van der Waals surface area contributed by atoms with Crippen LogP contribution in [0.15, 0.2) is 52.7 Å². The van der Waals surface area contributed by atoms with Crippen molar-refractivity contribution in [3.63, 3.8) is 0 Å². The molecule has 3 aromatic rings. The molecule has 0 atom stereocenters. The van der Waals surface area contributed by atoms with Gasteiger partial charge in [-0.2, -0.15) is 4.02 Å². The number of hydrogen-bond donors (Lipinski definition) is 1. The van der Waals surface area contributed by atoms with Gasteiger partial charge in [0.1, 0.15) is 5.75 Å². The van der Waals surface area contributed by atoms with E-state index < -0.39 is 0 Å². The van der Waals surface area contributed by atoms with Crippen LogP contribution in [0.4, 0.5) is 0 Å². The van der Waals surface area contributed by atoms with Crippen LogP contribution in [0.25, 0.3) is 11.3 Å². The Balaban J connectivity index is 2.10. The number of nitrogens with zero attached hydrogens (tertiary/aromatic N) is 3. The molecular formula is C32H44BrN3O2. The summed E-state index contributed by atoms with van der Waals surface area (Å²) in [6.07, 6.45) is 5.37. The lowest BCUT2D eigenvalue weighted by atomic mass is 9.78. The molecule has 0 aliphatic rings. The topological polar surface area (TPSA) is 59.5 Å². The molecule has 0 aliphatic carbocycles. The molecule has 6 heteroatoms. The molecule has 0 saturated heterocycles. The Labute approximate surface area is 237 Å². The number of imidazole rings is 1. The Kier molecular flexibility index (Phi) is 9.51. The Morgan fingerprint density at radius 2 is 1.53 bits per heavy atom. The van der Waals surface area contributed by atoms with Crippen LogP contribution in [0.2, 0.25) is 0 Å². The fourth-order valence-electron chi connectivity index (χ4n) is 5.00. The molecule has 3 rings (SSSR count). The van der Waals surface area contributed by atoms with Gasteiger partial charge >= 0.3 is 0 Å². The SMILES string of the molecule is CCC(CC)CCn1c(-c2ccccc2)cn(CC(=O)c2cc(C(C)(C)C)c(O)c(C(C)(C)C)c2)c1=NBr. The van der Waals surface area contributed by atoms with Gasteiger partial charge in [-0.15, -0.1) is 0 Å². The number of Topliss-reactive ketones (excluding diaryl/α,β-unsaturated/α-hetero) is 1. The summed E-state index contributed by atoms with van der Waals surface area (Å²) in [7, 11) is 0. The second kappa shape index (κ2) is 12.1. The van der Waals surface area contributed by atoms with Crippen LogP contribution in [0, 0.1) is 5.92 Å². The maximum atomic E-state index is 13.8. The molecular weight excluding hydrogens is 538 g/mol. The number of aromatic hydroxyl groups is 1. The summed E-state index contributed by atoms with van der Waals surface area (Å²) in [5, 5.41) is 11.1. The molecule has 2 aromatic carbocycles. The van der Waals surface area contributed by atoms with Gasteiger partial charge < -0.3 is 14.2 Å². The van der Waals surface area contributed by atoms with Crippen molar-refractivity contribution in [2.75, 3.05) is 0 Å². The minimum atomic E-state index is -0.303. The largest absolute Gasteiger partial charge is 0.507 e. The fraction of sp³-hybridized carbons (Fsp3) is 0.500. The zero-order valence-corrected chi connectivity index (χ0v) is 25.9. The first kappa shape index (κ1) is 29.9. The van der Waals surface area contributed by atoms with Crippen molar-refractivity contribution in [1.29, 1.82) is 0 Å². The second-order valence-corrected chi connectivity index (χ2v) is 12.7. The standard InChI is InChI=1S/C32H44BrN3O2/c1-9-22(10-2)16-17-36-27(23-14-12-11-13-15-23)20-35(30(36)34-33)21-28(37)24-18-25(31(3,4)5)29(38)26(19-24)32(6,7)8/h11-15,18-20,22,38H,9-10,16-17,21H2,1-8H3. The Morgan fingerprint density at radius 1 is 0.974 bits per heavy atom. The zero-order chi connectivity index (χ0) is 28.3. The van der Waals surface area contributed by atoms with Gasteiger partial charge in [0.15, 0.2) is 5.78 Å². The predicted molar refractivity (Wildman–Crippen MR) is 161 cm³/mol. The van der Waals surface area contributed by atoms with Crippen LogP contribution in [0.3, 0.4) is 0 Å². The van der Waals surface area contributed by atoms with Crippen molar-refractivity contribution >= 4 is 21.9 Å². The van der Waals surface area contributed by atoms with E-state index in [9.17, 15) is 9.90 Å². The van der Waals surface area contributed by atoms with Gasteiger partial charge in [0.2, 0.25) is 5.62 Å². The van der Waals surface area contributed by atoms with Crippen molar-refractivity contribution in [3.8, 4) is 17.0 Å². The summed E-state index contributed by atoms with van der Waals surface area (Å²) >= 11 is 3.36. The number of carbonyl (C=O) groups excluding carboxylic acids is 1. The number of benzene rings is 2. The molecule has 1 heterocycles. The highest BCUT2D eigenvalue weighted by Gasteiger charge is 2.28. The minimum Gasteiger partial charge on any atom is -0.507 e. The Morgan fingerprint density at radius 3 is 2.00 bits per heavy atom. The van der Waals surface area contributed by atoms with E-state index in [0.29, 0.717) is 17.1 Å². The first-order valence-electron chi connectivity index (χ1n) is 13.7. The molecule has 0 aliphatic heterocycles. The molecule has 0 amide bonds. The lowest BCUT2D eigenvalue weighted by molar-refractivity contribution is 0.0970. The average Bonchev–Trinajstić information content (AvgIpc) is 3.20. The van der Waals surface area contributed by atoms with Crippen LogP contribution < -0.4 is 5.62 Å². The van der Waals surface area contributed by atoms with Gasteiger partial charge in [-0.3, -0.25) is 4.79 Å². The second-order valence-electron chi connectivity index (χ2n) is 12.4. The first-order chi connectivity index (χ1) is 17.8. The van der Waals surface area contributed by atoms with Gasteiger partial charge in [-0.25, -0.2) is 0 Å². The number of phenols is 1. The molecule has 0 fully saturated rings. The van der Waals surface area contributed by atoms with E-state index in [1.54, 1.807) is 0 Å². The molecule has 206 valence electrons. The average molecular weight is 583 g/mol. The van der Waals surface area contributed by atoms with Gasteiger partial charge in [-0.1, -0.05) is 98.6 Å². The summed E-state index contributed by atoms with van der Waals surface area (Å²) in [6.45, 7) is 17.8. The van der Waals surface area contributed by atoms with E-state index in [-0.39, 0.29) is 28.9 Å². The Bertz CT molecular complexity index is 1280. The van der Waals surface area contributed by atoms with Crippen LogP contribution in [0.1, 0.15) is 96.1 Å². The normalized spacial score (nSPS) is 12.9. The number of rotatable bonds is 9. The molecule has 5 nitrogen and oxygen atoms in total. The Hall–Kier alpha value is -2.60. The third kappa shape index (κ3) is 6.69. The predicted octanol–water partition coefficient (Wildman–Crippen LogP) is 8.18. The maximum Gasteiger partial charge on any atom is 0.217 e. The molecule has 38 heavy (non-hydrogen) atoms. The van der Waals surface area contributed by atoms with E-state index in [1.807, 2.05) is 41.1 Å². The summed E-state index contributed by atoms with van der Waals surface area (Å²) in [5.41, 5.74) is 4.43. The van der Waals surface area contributed by atoms with Crippen LogP contribution in [0.5, 0.6) is 5.75 Å². The third-order valence-electron chi connectivity index (χ3n) is 7.49. The maximum absolute atomic E-state index is 13.8. The third-order valence-corrected chi connectivity index (χ3v) is 7.81. The molecule has 1 N–H and O–H groups in total. The monoisotopic (exact) mass is 581 g/mol. The van der Waals surface area contributed by atoms with E-state index in [4.69, 9.17) is 0 Å². The van der Waals surface area contributed by atoms with E-state index >= 15 is 0 Å². The molecule has 0 radical (unpaired) electrons. The smallest absolute Gasteiger partial charge is 0.217 e. The summed E-state index contributed by atoms with van der Waals surface area (Å²) in [6, 6.07) is 14.0. The van der Waals surface area contributed by atoms with Crippen molar-refractivity contribution in [1.82, 2.24) is 9.13 Å². The number of aromatic nitrogens is 2. The molecule has 0 saturated carbocycles. The van der Waals surface area contributed by atoms with Gasteiger partial charge in [0.05, 0.1) is 28.4 Å². The van der Waals surface area contributed by atoms with Crippen molar-refractivity contribution in [2.24, 2.45) is 9.94 Å². The van der Waals surface area contributed by atoms with E-state index in [0.717, 1.165) is 48.2 Å². The van der Waals surface area contributed by atoms with Crippen molar-refractivity contribution in [2.45, 2.75) is 98.6 Å².